The average Bonchev–Trinajstić information content (AvgIpc) is 2.59. The first-order chi connectivity index (χ1) is 7.58. The number of hydrogen-bond donors (Lipinski definition) is 2. The van der Waals surface area contributed by atoms with Crippen LogP contribution in [-0.2, 0) is 4.79 Å². The molecule has 1 amide bonds. The number of hydrogen-bond acceptors (Lipinski definition) is 2. The number of H-pyrrole nitrogens is 1. The summed E-state index contributed by atoms with van der Waals surface area (Å²) in [5.74, 6) is -0.948. The van der Waals surface area contributed by atoms with Crippen LogP contribution < -0.4 is 5.73 Å². The van der Waals surface area contributed by atoms with Gasteiger partial charge in [-0.05, 0) is 18.6 Å². The number of allylic oxidation sites excluding steroid dienone is 1. The monoisotopic (exact) mass is 219 g/mol. The van der Waals surface area contributed by atoms with Crippen molar-refractivity contribution in [1.82, 2.24) is 9.97 Å². The van der Waals surface area contributed by atoms with Crippen molar-refractivity contribution in [3.05, 3.63) is 35.9 Å². The molecule has 0 saturated heterocycles. The van der Waals surface area contributed by atoms with Gasteiger partial charge in [-0.1, -0.05) is 0 Å². The summed E-state index contributed by atoms with van der Waals surface area (Å²) in [4.78, 5) is 17.5. The quantitative estimate of drug-likeness (QED) is 0.753. The number of carbonyl (C=O) groups is 1. The van der Waals surface area contributed by atoms with E-state index in [-0.39, 0.29) is 0 Å². The van der Waals surface area contributed by atoms with Crippen molar-refractivity contribution in [2.24, 2.45) is 5.73 Å². The molecule has 0 spiro atoms. The van der Waals surface area contributed by atoms with E-state index in [1.807, 2.05) is 0 Å². The predicted octanol–water partition coefficient (Wildman–Crippen LogP) is 1.59. The summed E-state index contributed by atoms with van der Waals surface area (Å²) in [6, 6.07) is 1.37. The summed E-state index contributed by atoms with van der Waals surface area (Å²) in [6.45, 7) is 1.73. The SMILES string of the molecule is C/C(=C\C(N)=O)c1c[nH]c2ncc(F)cc12. The zero-order valence-corrected chi connectivity index (χ0v) is 8.62. The highest BCUT2D eigenvalue weighted by molar-refractivity contribution is 5.98. The van der Waals surface area contributed by atoms with Crippen LogP contribution in [-0.4, -0.2) is 15.9 Å². The van der Waals surface area contributed by atoms with Crippen molar-refractivity contribution in [2.45, 2.75) is 6.92 Å². The molecule has 0 aromatic carbocycles. The minimum Gasteiger partial charge on any atom is -0.366 e. The van der Waals surface area contributed by atoms with Crippen LogP contribution in [0.2, 0.25) is 0 Å². The smallest absolute Gasteiger partial charge is 0.241 e. The molecule has 5 heteroatoms. The number of carbonyl (C=O) groups excluding carboxylic acids is 1. The Morgan fingerprint density at radius 3 is 3.06 bits per heavy atom. The minimum absolute atomic E-state index is 0.416. The fourth-order valence-electron chi connectivity index (χ4n) is 1.60. The first-order valence-corrected chi connectivity index (χ1v) is 4.68. The highest BCUT2D eigenvalue weighted by Gasteiger charge is 2.07. The molecule has 4 nitrogen and oxygen atoms in total. The lowest BCUT2D eigenvalue weighted by atomic mass is 10.1. The van der Waals surface area contributed by atoms with Crippen LogP contribution in [0.25, 0.3) is 16.6 Å². The maximum atomic E-state index is 13.0. The molecule has 2 aromatic rings. The molecule has 16 heavy (non-hydrogen) atoms. The molecule has 0 fully saturated rings. The number of nitrogens with two attached hydrogens (primary N) is 1. The highest BCUT2D eigenvalue weighted by atomic mass is 19.1. The van der Waals surface area contributed by atoms with E-state index in [9.17, 15) is 9.18 Å². The first kappa shape index (κ1) is 10.4. The largest absolute Gasteiger partial charge is 0.366 e. The first-order valence-electron chi connectivity index (χ1n) is 4.68. The van der Waals surface area contributed by atoms with Gasteiger partial charge in [0.1, 0.15) is 11.5 Å². The second-order valence-electron chi connectivity index (χ2n) is 3.48. The van der Waals surface area contributed by atoms with E-state index < -0.39 is 11.7 Å². The molecule has 0 unspecified atom stereocenters. The summed E-state index contributed by atoms with van der Waals surface area (Å²) in [5, 5.41) is 0.634. The fourth-order valence-corrected chi connectivity index (χ4v) is 1.60. The Hall–Kier alpha value is -2.17. The van der Waals surface area contributed by atoms with Crippen LogP contribution in [0.5, 0.6) is 0 Å². The Balaban J connectivity index is 2.61. The van der Waals surface area contributed by atoms with Crippen LogP contribution in [0, 0.1) is 5.82 Å². The van der Waals surface area contributed by atoms with Gasteiger partial charge in [-0.25, -0.2) is 9.37 Å². The van der Waals surface area contributed by atoms with Gasteiger partial charge in [0.05, 0.1) is 6.20 Å². The number of fused-ring (bicyclic) bond motifs is 1. The standard InChI is InChI=1S/C11H10FN3O/c1-6(2-10(13)16)9-5-15-11-8(9)3-7(12)4-14-11/h2-5H,1H3,(H2,13,16)(H,14,15)/b6-2+. The number of nitrogens with zero attached hydrogens (tertiary/aromatic N) is 1. The van der Waals surface area contributed by atoms with E-state index in [1.165, 1.54) is 12.1 Å². The van der Waals surface area contributed by atoms with Gasteiger partial charge < -0.3 is 10.7 Å². The maximum Gasteiger partial charge on any atom is 0.241 e. The maximum absolute atomic E-state index is 13.0. The number of rotatable bonds is 2. The lowest BCUT2D eigenvalue weighted by Crippen LogP contribution is -2.06. The molecule has 0 bridgehead atoms. The van der Waals surface area contributed by atoms with E-state index in [0.717, 1.165) is 11.8 Å². The normalized spacial score (nSPS) is 12.0. The molecule has 2 heterocycles. The minimum atomic E-state index is -0.531. The van der Waals surface area contributed by atoms with Gasteiger partial charge >= 0.3 is 0 Å². The van der Waals surface area contributed by atoms with E-state index >= 15 is 0 Å². The van der Waals surface area contributed by atoms with Crippen molar-refractivity contribution in [3.8, 4) is 0 Å². The number of primary amides is 1. The van der Waals surface area contributed by atoms with Crippen molar-refractivity contribution in [3.63, 3.8) is 0 Å². The Morgan fingerprint density at radius 1 is 1.62 bits per heavy atom. The number of halogens is 1. The number of pyridine rings is 1. The third-order valence-corrected chi connectivity index (χ3v) is 2.28. The topological polar surface area (TPSA) is 71.8 Å². The number of aromatic nitrogens is 2. The second kappa shape index (κ2) is 3.77. The van der Waals surface area contributed by atoms with E-state index in [0.29, 0.717) is 16.6 Å². The zero-order valence-electron chi connectivity index (χ0n) is 8.62. The van der Waals surface area contributed by atoms with Gasteiger partial charge in [0.15, 0.2) is 0 Å². The third kappa shape index (κ3) is 1.79. The van der Waals surface area contributed by atoms with Crippen molar-refractivity contribution < 1.29 is 9.18 Å². The van der Waals surface area contributed by atoms with Gasteiger partial charge in [-0.15, -0.1) is 0 Å². The molecule has 0 aliphatic rings. The highest BCUT2D eigenvalue weighted by Crippen LogP contribution is 2.23. The number of nitrogens with one attached hydrogen (secondary N) is 1. The molecule has 0 radical (unpaired) electrons. The number of amides is 1. The Labute approximate surface area is 91.0 Å². The molecule has 0 saturated carbocycles. The fraction of sp³-hybridized carbons (Fsp3) is 0.0909. The molecule has 3 N–H and O–H groups in total. The predicted molar refractivity (Wildman–Crippen MR) is 58.9 cm³/mol. The summed E-state index contributed by atoms with van der Waals surface area (Å²) in [7, 11) is 0. The third-order valence-electron chi connectivity index (χ3n) is 2.28. The number of aromatic amines is 1. The Kier molecular flexibility index (Phi) is 2.44. The van der Waals surface area contributed by atoms with Crippen molar-refractivity contribution >= 4 is 22.5 Å². The van der Waals surface area contributed by atoms with Crippen molar-refractivity contribution in [2.75, 3.05) is 0 Å². The van der Waals surface area contributed by atoms with E-state index in [2.05, 4.69) is 9.97 Å². The Morgan fingerprint density at radius 2 is 2.38 bits per heavy atom. The van der Waals surface area contributed by atoms with Crippen LogP contribution in [0.15, 0.2) is 24.5 Å². The van der Waals surface area contributed by atoms with Crippen LogP contribution in [0.3, 0.4) is 0 Å². The molecule has 0 atom stereocenters. The summed E-state index contributed by atoms with van der Waals surface area (Å²) in [6.07, 6.45) is 4.11. The van der Waals surface area contributed by atoms with Gasteiger partial charge in [-0.3, -0.25) is 4.79 Å². The molecule has 0 aliphatic heterocycles. The van der Waals surface area contributed by atoms with Crippen LogP contribution in [0.4, 0.5) is 4.39 Å². The van der Waals surface area contributed by atoms with E-state index in [4.69, 9.17) is 5.73 Å². The molecule has 2 aromatic heterocycles. The van der Waals surface area contributed by atoms with Crippen LogP contribution >= 0.6 is 0 Å². The van der Waals surface area contributed by atoms with Crippen LogP contribution in [0.1, 0.15) is 12.5 Å². The lowest BCUT2D eigenvalue weighted by Gasteiger charge is -1.97. The van der Waals surface area contributed by atoms with Gasteiger partial charge in [-0.2, -0.15) is 0 Å². The summed E-state index contributed by atoms with van der Waals surface area (Å²) >= 11 is 0. The molecular formula is C11H10FN3O. The van der Waals surface area contributed by atoms with Gasteiger partial charge in [0, 0.05) is 23.2 Å². The molecule has 0 aliphatic carbocycles. The zero-order chi connectivity index (χ0) is 11.7. The molecule has 82 valence electrons. The average molecular weight is 219 g/mol. The molecular weight excluding hydrogens is 209 g/mol. The van der Waals surface area contributed by atoms with E-state index in [1.54, 1.807) is 13.1 Å². The van der Waals surface area contributed by atoms with Gasteiger partial charge in [0.2, 0.25) is 5.91 Å². The lowest BCUT2D eigenvalue weighted by molar-refractivity contribution is -0.113. The summed E-state index contributed by atoms with van der Waals surface area (Å²) in [5.41, 5.74) is 7.03. The second-order valence-corrected chi connectivity index (χ2v) is 3.48. The van der Waals surface area contributed by atoms with Crippen molar-refractivity contribution in [1.29, 1.82) is 0 Å². The van der Waals surface area contributed by atoms with Gasteiger partial charge in [0.25, 0.3) is 0 Å². The summed E-state index contributed by atoms with van der Waals surface area (Å²) < 4.78 is 13.0. The molecule has 2 rings (SSSR count). The Bertz CT molecular complexity index is 586.